The molecule has 1 rings (SSSR count). The van der Waals surface area contributed by atoms with Crippen LogP contribution in [0.25, 0.3) is 0 Å². The predicted molar refractivity (Wildman–Crippen MR) is 62.2 cm³/mol. The summed E-state index contributed by atoms with van der Waals surface area (Å²) in [6.07, 6.45) is 0.839. The van der Waals surface area contributed by atoms with Crippen LogP contribution in [0.1, 0.15) is 19.3 Å². The molecular weight excluding hydrogens is 276 g/mol. The van der Waals surface area contributed by atoms with Crippen molar-refractivity contribution in [2.24, 2.45) is 0 Å². The molecule has 0 spiro atoms. The fourth-order valence-corrected chi connectivity index (χ4v) is 1.75. The highest BCUT2D eigenvalue weighted by Crippen LogP contribution is 2.11. The molecule has 1 fully saturated rings. The van der Waals surface area contributed by atoms with Gasteiger partial charge in [-0.25, -0.2) is 0 Å². The summed E-state index contributed by atoms with van der Waals surface area (Å²) in [5.74, 6) is -0.538. The van der Waals surface area contributed by atoms with Gasteiger partial charge in [-0.2, -0.15) is 0 Å². The van der Waals surface area contributed by atoms with Gasteiger partial charge < -0.3 is 5.32 Å². The predicted octanol–water partition coefficient (Wildman–Crippen LogP) is 0.0791. The number of nitrogens with zero attached hydrogens (tertiary/aromatic N) is 1. The topological polar surface area (TPSA) is 66.5 Å². The maximum Gasteiger partial charge on any atom is 0.230 e. The van der Waals surface area contributed by atoms with E-state index in [2.05, 4.69) is 21.2 Å². The van der Waals surface area contributed by atoms with Gasteiger partial charge in [0.05, 0.1) is 6.54 Å². The van der Waals surface area contributed by atoms with E-state index in [1.165, 1.54) is 0 Å². The molecule has 1 N–H and O–H groups in total. The van der Waals surface area contributed by atoms with Crippen molar-refractivity contribution in [1.29, 1.82) is 0 Å². The average molecular weight is 291 g/mol. The fraction of sp³-hybridized carbons (Fsp3) is 0.700. The van der Waals surface area contributed by atoms with E-state index in [0.717, 1.165) is 16.8 Å². The van der Waals surface area contributed by atoms with Gasteiger partial charge in [-0.1, -0.05) is 15.9 Å². The lowest BCUT2D eigenvalue weighted by Gasteiger charge is -2.12. The minimum Gasteiger partial charge on any atom is -0.315 e. The first-order valence-electron chi connectivity index (χ1n) is 5.26. The van der Waals surface area contributed by atoms with E-state index < -0.39 is 0 Å². The minimum atomic E-state index is -0.230. The highest BCUT2D eigenvalue weighted by molar-refractivity contribution is 9.09. The Balaban J connectivity index is 2.23. The normalized spacial score (nSPS) is 15.9. The second-order valence-corrected chi connectivity index (χ2v) is 4.39. The molecule has 0 bridgehead atoms. The third kappa shape index (κ3) is 4.02. The molecule has 0 atom stereocenters. The van der Waals surface area contributed by atoms with E-state index in [0.29, 0.717) is 13.0 Å². The number of Topliss-reactive ketones (excluding diaryl/α,β-unsaturated/α-hetero) is 1. The van der Waals surface area contributed by atoms with Crippen LogP contribution < -0.4 is 5.32 Å². The third-order valence-electron chi connectivity index (χ3n) is 2.34. The van der Waals surface area contributed by atoms with Gasteiger partial charge in [0.2, 0.25) is 11.8 Å². The van der Waals surface area contributed by atoms with Crippen molar-refractivity contribution in [3.8, 4) is 0 Å². The molecule has 0 aliphatic carbocycles. The molecule has 0 aromatic heterocycles. The smallest absolute Gasteiger partial charge is 0.230 e. The van der Waals surface area contributed by atoms with Crippen LogP contribution in [0.2, 0.25) is 0 Å². The first-order valence-corrected chi connectivity index (χ1v) is 6.39. The highest BCUT2D eigenvalue weighted by atomic mass is 79.9. The zero-order valence-electron chi connectivity index (χ0n) is 9.00. The minimum absolute atomic E-state index is 0.0618. The zero-order valence-corrected chi connectivity index (χ0v) is 10.6. The van der Waals surface area contributed by atoms with Gasteiger partial charge >= 0.3 is 0 Å². The molecule has 0 unspecified atom stereocenters. The molecule has 1 saturated heterocycles. The van der Waals surface area contributed by atoms with Crippen molar-refractivity contribution in [3.63, 3.8) is 0 Å². The number of imide groups is 1. The number of ketones is 1. The summed E-state index contributed by atoms with van der Waals surface area (Å²) >= 11 is 3.26. The van der Waals surface area contributed by atoms with Gasteiger partial charge in [-0.15, -0.1) is 0 Å². The number of carbonyl (C=O) groups excluding carboxylic acids is 3. The first kappa shape index (κ1) is 13.3. The van der Waals surface area contributed by atoms with Crippen LogP contribution in [-0.4, -0.2) is 47.5 Å². The standard InChI is InChI=1S/C10H15BrN2O3/c11-4-6-12-5-3-8(14)7-13-9(15)1-2-10(13)16/h12H,1-7H2. The van der Waals surface area contributed by atoms with E-state index in [9.17, 15) is 14.4 Å². The van der Waals surface area contributed by atoms with Crippen molar-refractivity contribution in [2.75, 3.05) is 25.0 Å². The Labute approximate surface area is 103 Å². The Morgan fingerprint density at radius 3 is 2.44 bits per heavy atom. The van der Waals surface area contributed by atoms with Crippen LogP contribution in [-0.2, 0) is 14.4 Å². The maximum atomic E-state index is 11.5. The monoisotopic (exact) mass is 290 g/mol. The van der Waals surface area contributed by atoms with E-state index in [1.54, 1.807) is 0 Å². The molecule has 0 saturated carbocycles. The van der Waals surface area contributed by atoms with Crippen molar-refractivity contribution < 1.29 is 14.4 Å². The Kier molecular flexibility index (Phi) is 5.62. The molecule has 1 aliphatic rings. The number of likely N-dealkylation sites (tertiary alicyclic amines) is 1. The maximum absolute atomic E-state index is 11.5. The van der Waals surface area contributed by atoms with Gasteiger partial charge in [0.15, 0.2) is 5.78 Å². The van der Waals surface area contributed by atoms with Gasteiger partial charge in [0.1, 0.15) is 0 Å². The molecule has 0 radical (unpaired) electrons. The number of amides is 2. The number of carbonyl (C=O) groups is 3. The molecule has 0 aromatic carbocycles. The van der Waals surface area contributed by atoms with Crippen LogP contribution in [0, 0.1) is 0 Å². The van der Waals surface area contributed by atoms with E-state index in [-0.39, 0.29) is 37.0 Å². The second-order valence-electron chi connectivity index (χ2n) is 3.60. The Morgan fingerprint density at radius 1 is 1.25 bits per heavy atom. The molecule has 0 aromatic rings. The van der Waals surface area contributed by atoms with Gasteiger partial charge in [-0.3, -0.25) is 19.3 Å². The van der Waals surface area contributed by atoms with Crippen molar-refractivity contribution >= 4 is 33.5 Å². The molecule has 90 valence electrons. The van der Waals surface area contributed by atoms with Crippen LogP contribution in [0.5, 0.6) is 0 Å². The molecule has 6 heteroatoms. The Bertz CT molecular complexity index is 278. The van der Waals surface area contributed by atoms with Crippen LogP contribution in [0.4, 0.5) is 0 Å². The molecule has 16 heavy (non-hydrogen) atoms. The highest BCUT2D eigenvalue weighted by Gasteiger charge is 2.29. The number of alkyl halides is 1. The molecule has 1 heterocycles. The first-order chi connectivity index (χ1) is 7.65. The molecule has 1 aliphatic heterocycles. The lowest BCUT2D eigenvalue weighted by atomic mass is 10.2. The van der Waals surface area contributed by atoms with Gasteiger partial charge in [0.25, 0.3) is 0 Å². The van der Waals surface area contributed by atoms with Crippen LogP contribution in [0.3, 0.4) is 0 Å². The van der Waals surface area contributed by atoms with Gasteiger partial charge in [0, 0.05) is 37.7 Å². The van der Waals surface area contributed by atoms with Crippen molar-refractivity contribution in [2.45, 2.75) is 19.3 Å². The number of nitrogens with one attached hydrogen (secondary N) is 1. The summed E-state index contributed by atoms with van der Waals surface area (Å²) in [5, 5.41) is 3.89. The number of hydrogen-bond acceptors (Lipinski definition) is 4. The van der Waals surface area contributed by atoms with Crippen molar-refractivity contribution in [1.82, 2.24) is 10.2 Å². The van der Waals surface area contributed by atoms with E-state index in [1.807, 2.05) is 0 Å². The summed E-state index contributed by atoms with van der Waals surface area (Å²) in [4.78, 5) is 35.0. The summed E-state index contributed by atoms with van der Waals surface area (Å²) < 4.78 is 0. The lowest BCUT2D eigenvalue weighted by Crippen LogP contribution is -2.35. The van der Waals surface area contributed by atoms with Crippen LogP contribution >= 0.6 is 15.9 Å². The zero-order chi connectivity index (χ0) is 12.0. The number of halogens is 1. The average Bonchev–Trinajstić information content (AvgIpc) is 2.56. The Morgan fingerprint density at radius 2 is 1.88 bits per heavy atom. The van der Waals surface area contributed by atoms with Gasteiger partial charge in [-0.05, 0) is 0 Å². The SMILES string of the molecule is O=C(CCNCCBr)CN1C(=O)CCC1=O. The summed E-state index contributed by atoms with van der Waals surface area (Å²) in [6.45, 7) is 1.32. The second kappa shape index (κ2) is 6.75. The largest absolute Gasteiger partial charge is 0.315 e. The summed E-state index contributed by atoms with van der Waals surface area (Å²) in [5.41, 5.74) is 0. The van der Waals surface area contributed by atoms with E-state index >= 15 is 0 Å². The van der Waals surface area contributed by atoms with Crippen LogP contribution in [0.15, 0.2) is 0 Å². The number of hydrogen-bond donors (Lipinski definition) is 1. The molecule has 5 nitrogen and oxygen atoms in total. The molecular formula is C10H15BrN2O3. The molecule has 2 amide bonds. The summed E-state index contributed by atoms with van der Waals surface area (Å²) in [7, 11) is 0. The fourth-order valence-electron chi connectivity index (χ4n) is 1.47. The third-order valence-corrected chi connectivity index (χ3v) is 2.74. The Hall–Kier alpha value is -0.750. The van der Waals surface area contributed by atoms with Crippen molar-refractivity contribution in [3.05, 3.63) is 0 Å². The number of rotatable bonds is 7. The van der Waals surface area contributed by atoms with E-state index in [4.69, 9.17) is 0 Å². The summed E-state index contributed by atoms with van der Waals surface area (Å²) in [6, 6.07) is 0. The quantitative estimate of drug-likeness (QED) is 0.410. The lowest BCUT2D eigenvalue weighted by molar-refractivity contribution is -0.141.